The van der Waals surface area contributed by atoms with Crippen LogP contribution >= 0.6 is 11.8 Å². The van der Waals surface area contributed by atoms with Gasteiger partial charge in [0.05, 0.1) is 12.3 Å². The largest absolute Gasteiger partial charge is 0.492 e. The summed E-state index contributed by atoms with van der Waals surface area (Å²) in [4.78, 5) is 4.52. The zero-order chi connectivity index (χ0) is 13.4. The Balaban J connectivity index is 2.52. The minimum Gasteiger partial charge on any atom is -0.492 e. The Hall–Kier alpha value is -0.740. The molecule has 1 unspecified atom stereocenters. The van der Waals surface area contributed by atoms with E-state index in [0.717, 1.165) is 42.3 Å². The number of rotatable bonds is 8. The molecule has 18 heavy (non-hydrogen) atoms. The highest BCUT2D eigenvalue weighted by atomic mass is 32.2. The van der Waals surface area contributed by atoms with Crippen molar-refractivity contribution in [2.45, 2.75) is 39.7 Å². The van der Waals surface area contributed by atoms with Crippen molar-refractivity contribution in [2.75, 3.05) is 18.1 Å². The van der Waals surface area contributed by atoms with Gasteiger partial charge in [-0.05, 0) is 43.9 Å². The van der Waals surface area contributed by atoms with Gasteiger partial charge < -0.3 is 10.5 Å². The minimum absolute atomic E-state index is 0.109. The summed E-state index contributed by atoms with van der Waals surface area (Å²) in [7, 11) is 0. The fourth-order valence-corrected chi connectivity index (χ4v) is 2.28. The van der Waals surface area contributed by atoms with Crippen LogP contribution in [0, 0.1) is 6.92 Å². The average Bonchev–Trinajstić information content (AvgIpc) is 2.30. The van der Waals surface area contributed by atoms with Crippen molar-refractivity contribution in [2.24, 2.45) is 5.73 Å². The smallest absolute Gasteiger partial charge is 0.140 e. The van der Waals surface area contributed by atoms with Crippen molar-refractivity contribution in [3.05, 3.63) is 23.5 Å². The zero-order valence-corrected chi connectivity index (χ0v) is 12.4. The summed E-state index contributed by atoms with van der Waals surface area (Å²) in [6.07, 6.45) is 1.84. The van der Waals surface area contributed by atoms with Crippen molar-refractivity contribution < 1.29 is 4.74 Å². The number of aromatic nitrogens is 1. The summed E-state index contributed by atoms with van der Waals surface area (Å²) in [6.45, 7) is 6.91. The van der Waals surface area contributed by atoms with E-state index < -0.39 is 0 Å². The van der Waals surface area contributed by atoms with Crippen LogP contribution in [0.15, 0.2) is 12.1 Å². The standard InChI is InChI=1S/C14H24N2OS/c1-4-18-9-5-8-17-14-7-6-12(3)16-13(14)10-11(2)15/h6-7,11H,4-5,8-10,15H2,1-3H3. The molecule has 2 N–H and O–H groups in total. The number of pyridine rings is 1. The molecule has 1 heterocycles. The first-order valence-electron chi connectivity index (χ1n) is 6.56. The number of ether oxygens (including phenoxy) is 1. The lowest BCUT2D eigenvalue weighted by Crippen LogP contribution is -2.19. The molecule has 1 rings (SSSR count). The van der Waals surface area contributed by atoms with E-state index in [-0.39, 0.29) is 6.04 Å². The topological polar surface area (TPSA) is 48.1 Å². The van der Waals surface area contributed by atoms with Crippen LogP contribution in [-0.4, -0.2) is 29.1 Å². The van der Waals surface area contributed by atoms with Crippen molar-refractivity contribution >= 4 is 11.8 Å². The third kappa shape index (κ3) is 5.74. The van der Waals surface area contributed by atoms with Crippen LogP contribution in [-0.2, 0) is 6.42 Å². The summed E-state index contributed by atoms with van der Waals surface area (Å²) in [5.41, 5.74) is 7.83. The summed E-state index contributed by atoms with van der Waals surface area (Å²) >= 11 is 1.94. The molecule has 0 saturated heterocycles. The summed E-state index contributed by atoms with van der Waals surface area (Å²) in [5, 5.41) is 0. The van der Waals surface area contributed by atoms with Crippen molar-refractivity contribution in [1.82, 2.24) is 4.98 Å². The maximum Gasteiger partial charge on any atom is 0.140 e. The third-order valence-electron chi connectivity index (χ3n) is 2.48. The molecular formula is C14H24N2OS. The molecule has 0 fully saturated rings. The highest BCUT2D eigenvalue weighted by molar-refractivity contribution is 7.99. The van der Waals surface area contributed by atoms with E-state index in [0.29, 0.717) is 0 Å². The molecule has 0 saturated carbocycles. The number of nitrogens with zero attached hydrogens (tertiary/aromatic N) is 1. The lowest BCUT2D eigenvalue weighted by atomic mass is 10.1. The normalized spacial score (nSPS) is 12.4. The Kier molecular flexibility index (Phi) is 7.13. The van der Waals surface area contributed by atoms with E-state index in [4.69, 9.17) is 10.5 Å². The maximum atomic E-state index is 5.84. The number of aryl methyl sites for hydroxylation is 1. The van der Waals surface area contributed by atoms with Gasteiger partial charge in [-0.1, -0.05) is 6.92 Å². The van der Waals surface area contributed by atoms with Crippen molar-refractivity contribution in [3.8, 4) is 5.75 Å². The van der Waals surface area contributed by atoms with E-state index in [1.165, 1.54) is 5.75 Å². The van der Waals surface area contributed by atoms with Crippen LogP contribution in [0.25, 0.3) is 0 Å². The van der Waals surface area contributed by atoms with E-state index in [1.807, 2.05) is 37.7 Å². The molecule has 1 aromatic rings. The van der Waals surface area contributed by atoms with Gasteiger partial charge in [0, 0.05) is 18.2 Å². The molecule has 102 valence electrons. The van der Waals surface area contributed by atoms with Gasteiger partial charge >= 0.3 is 0 Å². The second-order valence-electron chi connectivity index (χ2n) is 4.48. The molecular weight excluding hydrogens is 244 g/mol. The molecule has 0 spiro atoms. The fraction of sp³-hybridized carbons (Fsp3) is 0.643. The van der Waals surface area contributed by atoms with Gasteiger partial charge in [0.25, 0.3) is 0 Å². The Morgan fingerprint density at radius 2 is 2.22 bits per heavy atom. The van der Waals surface area contributed by atoms with E-state index in [9.17, 15) is 0 Å². The second kappa shape index (κ2) is 8.38. The number of hydrogen-bond donors (Lipinski definition) is 1. The quantitative estimate of drug-likeness (QED) is 0.737. The highest BCUT2D eigenvalue weighted by Crippen LogP contribution is 2.18. The predicted molar refractivity (Wildman–Crippen MR) is 79.4 cm³/mol. The first kappa shape index (κ1) is 15.3. The van der Waals surface area contributed by atoms with Crippen LogP contribution in [0.2, 0.25) is 0 Å². The fourth-order valence-electron chi connectivity index (χ4n) is 1.67. The van der Waals surface area contributed by atoms with E-state index >= 15 is 0 Å². The Morgan fingerprint density at radius 3 is 2.89 bits per heavy atom. The van der Waals surface area contributed by atoms with Crippen LogP contribution in [0.5, 0.6) is 5.75 Å². The molecule has 0 aliphatic heterocycles. The molecule has 1 aromatic heterocycles. The molecule has 1 atom stereocenters. The summed E-state index contributed by atoms with van der Waals surface area (Å²) in [6, 6.07) is 4.10. The van der Waals surface area contributed by atoms with Gasteiger partial charge in [0.2, 0.25) is 0 Å². The molecule has 0 bridgehead atoms. The van der Waals surface area contributed by atoms with E-state index in [1.54, 1.807) is 0 Å². The molecule has 0 aliphatic rings. The van der Waals surface area contributed by atoms with Crippen molar-refractivity contribution in [1.29, 1.82) is 0 Å². The zero-order valence-electron chi connectivity index (χ0n) is 11.6. The molecule has 0 aliphatic carbocycles. The molecule has 0 radical (unpaired) electrons. The SMILES string of the molecule is CCSCCCOc1ccc(C)nc1CC(C)N. The first-order chi connectivity index (χ1) is 8.63. The molecule has 0 aromatic carbocycles. The van der Waals surface area contributed by atoms with Gasteiger partial charge in [0.1, 0.15) is 5.75 Å². The molecule has 4 heteroatoms. The predicted octanol–water partition coefficient (Wildman–Crippen LogP) is 2.80. The summed E-state index contributed by atoms with van der Waals surface area (Å²) < 4.78 is 5.81. The van der Waals surface area contributed by atoms with Gasteiger partial charge in [-0.25, -0.2) is 0 Å². The van der Waals surface area contributed by atoms with Crippen LogP contribution in [0.4, 0.5) is 0 Å². The Bertz CT molecular complexity index is 356. The van der Waals surface area contributed by atoms with E-state index in [2.05, 4.69) is 11.9 Å². The van der Waals surface area contributed by atoms with Crippen LogP contribution < -0.4 is 10.5 Å². The average molecular weight is 268 g/mol. The van der Waals surface area contributed by atoms with Gasteiger partial charge in [-0.2, -0.15) is 11.8 Å². The highest BCUT2D eigenvalue weighted by Gasteiger charge is 2.08. The molecule has 0 amide bonds. The molecule has 3 nitrogen and oxygen atoms in total. The Morgan fingerprint density at radius 1 is 1.44 bits per heavy atom. The second-order valence-corrected chi connectivity index (χ2v) is 5.87. The minimum atomic E-state index is 0.109. The number of nitrogens with two attached hydrogens (primary N) is 1. The van der Waals surface area contributed by atoms with Gasteiger partial charge in [-0.15, -0.1) is 0 Å². The van der Waals surface area contributed by atoms with Gasteiger partial charge in [0.15, 0.2) is 0 Å². The lowest BCUT2D eigenvalue weighted by molar-refractivity contribution is 0.313. The monoisotopic (exact) mass is 268 g/mol. The Labute approximate surface area is 115 Å². The third-order valence-corrected chi connectivity index (χ3v) is 3.47. The maximum absolute atomic E-state index is 5.84. The number of hydrogen-bond acceptors (Lipinski definition) is 4. The number of thioether (sulfide) groups is 1. The first-order valence-corrected chi connectivity index (χ1v) is 7.71. The van der Waals surface area contributed by atoms with Crippen LogP contribution in [0.3, 0.4) is 0 Å². The van der Waals surface area contributed by atoms with Gasteiger partial charge in [-0.3, -0.25) is 4.98 Å². The lowest BCUT2D eigenvalue weighted by Gasteiger charge is -2.13. The summed E-state index contributed by atoms with van der Waals surface area (Å²) in [5.74, 6) is 3.21. The van der Waals surface area contributed by atoms with Crippen molar-refractivity contribution in [3.63, 3.8) is 0 Å². The van der Waals surface area contributed by atoms with Crippen LogP contribution in [0.1, 0.15) is 31.7 Å².